The SMILES string of the molecule is [B]C1([B])C2CC[C@@]3([B])C4C(=CCC3[C@@]2([B])CC[C@@H]1O)C1C[C@@]([B])(S)[C@@H](OC(=O)/C(C)=C\C)[C@H](O)[C@]1(COC(=O)C(C)CC)[C@H](O)[C@@H]4O. The van der Waals surface area contributed by atoms with Crippen molar-refractivity contribution in [3.05, 3.63) is 23.3 Å². The van der Waals surface area contributed by atoms with Crippen LogP contribution in [0.15, 0.2) is 23.3 Å². The summed E-state index contributed by atoms with van der Waals surface area (Å²) in [4.78, 5) is 26.0. The molecule has 0 bridgehead atoms. The van der Waals surface area contributed by atoms with Gasteiger partial charge >= 0.3 is 11.9 Å². The van der Waals surface area contributed by atoms with Crippen LogP contribution in [-0.4, -0.2) is 113 Å². The lowest BCUT2D eigenvalue weighted by molar-refractivity contribution is -0.243. The van der Waals surface area contributed by atoms with Gasteiger partial charge in [0, 0.05) is 22.2 Å². The Hall–Kier alpha value is -1.07. The van der Waals surface area contributed by atoms with Crippen molar-refractivity contribution in [3.63, 3.8) is 0 Å². The maximum absolute atomic E-state index is 13.0. The molecular formula is C33H45B5O8S. The third-order valence-corrected chi connectivity index (χ3v) is 13.4. The molecule has 0 saturated heterocycles. The number of thiol groups is 1. The molecular weight excluding hydrogens is 610 g/mol. The summed E-state index contributed by atoms with van der Waals surface area (Å²) in [5.41, 5.74) is -0.801. The monoisotopic (exact) mass is 656 g/mol. The molecule has 8 nitrogen and oxygen atoms in total. The largest absolute Gasteiger partial charge is 0.465 e. The molecule has 14 atom stereocenters. The van der Waals surface area contributed by atoms with Crippen LogP contribution >= 0.6 is 12.6 Å². The Morgan fingerprint density at radius 2 is 1.68 bits per heavy atom. The molecule has 0 spiro atoms. The number of rotatable bonds is 6. The normalized spacial score (nSPS) is 48.0. The number of carbonyl (C=O) groups excluding carboxylic acids is 2. The molecule has 0 amide bonds. The minimum absolute atomic E-state index is 0.00889. The van der Waals surface area contributed by atoms with Crippen LogP contribution in [0.3, 0.4) is 0 Å². The minimum Gasteiger partial charge on any atom is -0.465 e. The number of aliphatic hydroxyl groups is 4. The highest BCUT2D eigenvalue weighted by atomic mass is 32.1. The van der Waals surface area contributed by atoms with Crippen LogP contribution in [0.4, 0.5) is 0 Å². The molecule has 5 aliphatic rings. The van der Waals surface area contributed by atoms with Crippen molar-refractivity contribution < 1.29 is 39.5 Å². The number of carbonyl (C=O) groups is 2. The predicted octanol–water partition coefficient (Wildman–Crippen LogP) is 1.59. The second-order valence-electron chi connectivity index (χ2n) is 15.3. The third-order valence-electron chi connectivity index (χ3n) is 13.0. The highest BCUT2D eigenvalue weighted by Gasteiger charge is 2.72. The first-order chi connectivity index (χ1) is 21.7. The predicted molar refractivity (Wildman–Crippen MR) is 184 cm³/mol. The molecule has 4 N–H and O–H groups in total. The van der Waals surface area contributed by atoms with Crippen molar-refractivity contribution in [2.45, 2.75) is 124 Å². The van der Waals surface area contributed by atoms with Gasteiger partial charge in [0.1, 0.15) is 18.8 Å². The first-order valence-electron chi connectivity index (χ1n) is 16.8. The van der Waals surface area contributed by atoms with Crippen LogP contribution in [0.5, 0.6) is 0 Å². The van der Waals surface area contributed by atoms with Crippen molar-refractivity contribution in [2.24, 2.45) is 35.0 Å². The zero-order valence-electron chi connectivity index (χ0n) is 27.8. The Morgan fingerprint density at radius 3 is 2.30 bits per heavy atom. The van der Waals surface area contributed by atoms with Crippen LogP contribution in [0.25, 0.3) is 0 Å². The molecule has 4 saturated carbocycles. The van der Waals surface area contributed by atoms with E-state index in [0.717, 1.165) is 0 Å². The van der Waals surface area contributed by atoms with Gasteiger partial charge in [0.05, 0.1) is 62.8 Å². The highest BCUT2D eigenvalue weighted by molar-refractivity contribution is 7.83. The van der Waals surface area contributed by atoms with Crippen LogP contribution in [0.2, 0.25) is 15.8 Å². The Kier molecular flexibility index (Phi) is 9.98. The summed E-state index contributed by atoms with van der Waals surface area (Å²) in [7, 11) is 34.3. The van der Waals surface area contributed by atoms with Crippen LogP contribution in [0.1, 0.15) is 72.6 Å². The summed E-state index contributed by atoms with van der Waals surface area (Å²) >= 11 is 4.72. The fourth-order valence-corrected chi connectivity index (χ4v) is 10.2. The summed E-state index contributed by atoms with van der Waals surface area (Å²) in [6, 6.07) is 0. The maximum atomic E-state index is 13.0. The summed E-state index contributed by atoms with van der Waals surface area (Å²) in [5, 5.41) is 43.7. The lowest BCUT2D eigenvalue weighted by atomic mass is 9.24. The minimum atomic E-state index is -1.73. The fourth-order valence-electron chi connectivity index (χ4n) is 9.86. The van der Waals surface area contributed by atoms with E-state index < -0.39 is 105 Å². The van der Waals surface area contributed by atoms with E-state index in [9.17, 15) is 30.0 Å². The van der Waals surface area contributed by atoms with Gasteiger partial charge in [-0.2, -0.15) is 12.6 Å². The van der Waals surface area contributed by atoms with Gasteiger partial charge < -0.3 is 29.9 Å². The van der Waals surface area contributed by atoms with E-state index in [2.05, 4.69) is 0 Å². The Bertz CT molecular complexity index is 1330. The van der Waals surface area contributed by atoms with E-state index >= 15 is 0 Å². The van der Waals surface area contributed by atoms with Gasteiger partial charge in [-0.25, -0.2) is 4.79 Å². The molecule has 10 radical (unpaired) electrons. The highest BCUT2D eigenvalue weighted by Crippen LogP contribution is 2.76. The van der Waals surface area contributed by atoms with E-state index in [4.69, 9.17) is 61.3 Å². The molecule has 0 aromatic rings. The number of ether oxygens (including phenoxy) is 2. The van der Waals surface area contributed by atoms with Gasteiger partial charge in [0.15, 0.2) is 0 Å². The van der Waals surface area contributed by atoms with Crippen LogP contribution in [0, 0.1) is 35.0 Å². The molecule has 246 valence electrons. The van der Waals surface area contributed by atoms with E-state index in [1.54, 1.807) is 26.8 Å². The first-order valence-corrected chi connectivity index (χ1v) is 17.3. The molecule has 0 aliphatic heterocycles. The number of fused-ring (bicyclic) bond motifs is 7. The summed E-state index contributed by atoms with van der Waals surface area (Å²) in [6.07, 6.45) is -1.47. The molecule has 5 aliphatic carbocycles. The number of allylic oxidation sites excluding steroid dienone is 2. The van der Waals surface area contributed by atoms with Gasteiger partial charge in [-0.3, -0.25) is 4.79 Å². The zero-order chi connectivity index (χ0) is 35.1. The summed E-state index contributed by atoms with van der Waals surface area (Å²) in [5.74, 6) is -4.18. The lowest BCUT2D eigenvalue weighted by Crippen LogP contribution is -2.74. The van der Waals surface area contributed by atoms with Crippen molar-refractivity contribution in [3.8, 4) is 0 Å². The molecule has 14 heteroatoms. The van der Waals surface area contributed by atoms with Crippen molar-refractivity contribution in [1.29, 1.82) is 0 Å². The molecule has 47 heavy (non-hydrogen) atoms. The van der Waals surface area contributed by atoms with E-state index in [0.29, 0.717) is 44.1 Å². The van der Waals surface area contributed by atoms with Crippen molar-refractivity contribution >= 4 is 63.8 Å². The van der Waals surface area contributed by atoms with E-state index in [1.165, 1.54) is 0 Å². The summed E-state index contributed by atoms with van der Waals surface area (Å²) in [6.45, 7) is 6.29. The van der Waals surface area contributed by atoms with Crippen LogP contribution < -0.4 is 0 Å². The summed E-state index contributed by atoms with van der Waals surface area (Å²) < 4.78 is 9.95. The number of hydrogen-bond acceptors (Lipinski definition) is 9. The average molecular weight is 656 g/mol. The quantitative estimate of drug-likeness (QED) is 0.0959. The standard InChI is InChI=1S/C33H45B5O8S/c1-5-15(3)27(43)45-14-29-18(13-32(36,47)26(25(29)42)46-28(44)16(4)6-2)17-7-8-19-30(34)12-10-21(39)33(37,38)20(30)9-11-31(19,35)22(17)23(40)24(29)41/h6-7,15,18-26,39-42,47H,5,8-14H2,1-4H3/b16-6-/t15?,18?,19?,20?,21-,22?,23+,24+,25-,26-,29-,30-,31-,32+/m0/s1. The average Bonchev–Trinajstić information content (AvgIpc) is 3.01. The van der Waals surface area contributed by atoms with Gasteiger partial charge in [-0.15, -0.1) is 0 Å². The van der Waals surface area contributed by atoms with Crippen molar-refractivity contribution in [1.82, 2.24) is 0 Å². The van der Waals surface area contributed by atoms with E-state index in [-0.39, 0.29) is 12.0 Å². The molecule has 5 unspecified atom stereocenters. The third kappa shape index (κ3) is 5.48. The zero-order valence-corrected chi connectivity index (χ0v) is 28.7. The van der Waals surface area contributed by atoms with E-state index in [1.807, 2.05) is 13.0 Å². The lowest BCUT2D eigenvalue weighted by Gasteiger charge is -2.71. The Morgan fingerprint density at radius 1 is 1.04 bits per heavy atom. The molecule has 5 rings (SSSR count). The van der Waals surface area contributed by atoms with Gasteiger partial charge in [-0.05, 0) is 51.4 Å². The Balaban J connectivity index is 1.62. The maximum Gasteiger partial charge on any atom is 0.333 e. The van der Waals surface area contributed by atoms with Gasteiger partial charge in [0.25, 0.3) is 0 Å². The van der Waals surface area contributed by atoms with Gasteiger partial charge in [-0.1, -0.05) is 72.6 Å². The van der Waals surface area contributed by atoms with Gasteiger partial charge in [0.2, 0.25) is 0 Å². The molecule has 0 aromatic carbocycles. The second kappa shape index (κ2) is 12.6. The smallest absolute Gasteiger partial charge is 0.333 e. The molecule has 4 fully saturated rings. The van der Waals surface area contributed by atoms with Crippen LogP contribution in [-0.2, 0) is 19.1 Å². The second-order valence-corrected chi connectivity index (χ2v) is 16.1. The number of esters is 2. The number of hydrogen-bond donors (Lipinski definition) is 5. The number of aliphatic hydroxyl groups excluding tert-OH is 4. The first kappa shape index (κ1) is 37.2. The molecule has 0 heterocycles. The topological polar surface area (TPSA) is 134 Å². The van der Waals surface area contributed by atoms with Crippen molar-refractivity contribution in [2.75, 3.05) is 6.61 Å². The Labute approximate surface area is 291 Å². The fraction of sp³-hybridized carbons (Fsp3) is 0.818. The molecule has 0 aromatic heterocycles.